The number of benzene rings is 1. The molecule has 18 heavy (non-hydrogen) atoms. The zero-order valence-corrected chi connectivity index (χ0v) is 10.9. The molecule has 1 aliphatic rings. The van der Waals surface area contributed by atoms with Gasteiger partial charge in [-0.1, -0.05) is 44.1 Å². The van der Waals surface area contributed by atoms with Gasteiger partial charge in [0.05, 0.1) is 12.7 Å². The summed E-state index contributed by atoms with van der Waals surface area (Å²) in [6, 6.07) is 7.95. The van der Waals surface area contributed by atoms with Crippen molar-refractivity contribution in [1.82, 2.24) is 0 Å². The Bertz CT molecular complexity index is 367. The van der Waals surface area contributed by atoms with E-state index in [1.807, 2.05) is 30.3 Å². The van der Waals surface area contributed by atoms with E-state index in [9.17, 15) is 0 Å². The molecule has 0 saturated heterocycles. The second-order valence-corrected chi connectivity index (χ2v) is 4.76. The monoisotopic (exact) mass is 246 g/mol. The minimum atomic E-state index is 0.460. The molecule has 1 fully saturated rings. The Kier molecular flexibility index (Phi) is 5.28. The van der Waals surface area contributed by atoms with Crippen molar-refractivity contribution in [3.8, 4) is 5.75 Å². The first kappa shape index (κ1) is 13.2. The molecule has 0 heterocycles. The molecule has 0 atom stereocenters. The summed E-state index contributed by atoms with van der Waals surface area (Å²) < 4.78 is 11.5. The molecule has 0 unspecified atom stereocenters. The molecule has 1 aromatic carbocycles. The Morgan fingerprint density at radius 1 is 1.17 bits per heavy atom. The predicted molar refractivity (Wildman–Crippen MR) is 74.9 cm³/mol. The van der Waals surface area contributed by atoms with E-state index >= 15 is 0 Å². The molecule has 0 aliphatic heterocycles. The van der Waals surface area contributed by atoms with Crippen LogP contribution in [0.4, 0.5) is 0 Å². The maximum atomic E-state index is 5.82. The summed E-state index contributed by atoms with van der Waals surface area (Å²) >= 11 is 0. The Hall–Kier alpha value is -1.28. The quantitative estimate of drug-likeness (QED) is 0.705. The van der Waals surface area contributed by atoms with Gasteiger partial charge in [0.1, 0.15) is 12.4 Å². The summed E-state index contributed by atoms with van der Waals surface area (Å²) in [6.45, 7) is 5.06. The van der Waals surface area contributed by atoms with E-state index < -0.39 is 0 Å². The zero-order valence-electron chi connectivity index (χ0n) is 10.9. The average Bonchev–Trinajstić information content (AvgIpc) is 2.45. The molecule has 2 rings (SSSR count). The van der Waals surface area contributed by atoms with Gasteiger partial charge in [-0.15, -0.1) is 0 Å². The van der Waals surface area contributed by atoms with E-state index in [1.165, 1.54) is 32.1 Å². The molecular formula is C16H22O2. The highest BCUT2D eigenvalue weighted by molar-refractivity contribution is 5.49. The number of hydrogen-bond donors (Lipinski definition) is 0. The summed E-state index contributed by atoms with van der Waals surface area (Å²) in [5.74, 6) is 0.889. The van der Waals surface area contributed by atoms with Crippen LogP contribution in [0.25, 0.3) is 6.08 Å². The van der Waals surface area contributed by atoms with Crippen LogP contribution in [0, 0.1) is 0 Å². The maximum Gasteiger partial charge on any atom is 0.120 e. The van der Waals surface area contributed by atoms with Crippen molar-refractivity contribution in [2.45, 2.75) is 38.2 Å². The molecular weight excluding hydrogens is 224 g/mol. The molecule has 0 bridgehead atoms. The lowest BCUT2D eigenvalue weighted by atomic mass is 9.98. The second-order valence-electron chi connectivity index (χ2n) is 4.76. The summed E-state index contributed by atoms with van der Waals surface area (Å²) in [7, 11) is 0. The number of hydrogen-bond acceptors (Lipinski definition) is 2. The van der Waals surface area contributed by atoms with Gasteiger partial charge in [-0.05, 0) is 30.5 Å². The minimum Gasteiger partial charge on any atom is -0.491 e. The van der Waals surface area contributed by atoms with Crippen LogP contribution in [0.15, 0.2) is 30.8 Å². The first-order valence-electron chi connectivity index (χ1n) is 6.85. The molecule has 0 amide bonds. The third-order valence-corrected chi connectivity index (χ3v) is 3.35. The van der Waals surface area contributed by atoms with Crippen molar-refractivity contribution in [2.24, 2.45) is 0 Å². The van der Waals surface area contributed by atoms with Crippen LogP contribution in [0.1, 0.15) is 37.7 Å². The molecule has 1 aliphatic carbocycles. The van der Waals surface area contributed by atoms with Crippen molar-refractivity contribution in [3.63, 3.8) is 0 Å². The molecule has 0 N–H and O–H groups in total. The van der Waals surface area contributed by atoms with Gasteiger partial charge >= 0.3 is 0 Å². The zero-order chi connectivity index (χ0) is 12.6. The SMILES string of the molecule is C=Cc1cccc(OCCOC2CCCCC2)c1. The van der Waals surface area contributed by atoms with E-state index in [1.54, 1.807) is 0 Å². The minimum absolute atomic E-state index is 0.460. The van der Waals surface area contributed by atoms with E-state index in [2.05, 4.69) is 6.58 Å². The average molecular weight is 246 g/mol. The Morgan fingerprint density at radius 3 is 2.78 bits per heavy atom. The van der Waals surface area contributed by atoms with Crippen molar-refractivity contribution in [1.29, 1.82) is 0 Å². The van der Waals surface area contributed by atoms with Crippen LogP contribution in [0.3, 0.4) is 0 Å². The molecule has 1 saturated carbocycles. The maximum absolute atomic E-state index is 5.82. The lowest BCUT2D eigenvalue weighted by Gasteiger charge is -2.21. The van der Waals surface area contributed by atoms with Crippen LogP contribution in [-0.2, 0) is 4.74 Å². The third kappa shape index (κ3) is 4.19. The molecule has 0 aromatic heterocycles. The highest BCUT2D eigenvalue weighted by Crippen LogP contribution is 2.20. The Labute approximate surface area is 110 Å². The standard InChI is InChI=1S/C16H22O2/c1-2-14-7-6-10-16(13-14)18-12-11-17-15-8-4-3-5-9-15/h2,6-7,10,13,15H,1,3-5,8-9,11-12H2. The summed E-state index contributed by atoms with van der Waals surface area (Å²) in [5.41, 5.74) is 1.08. The first-order chi connectivity index (χ1) is 8.88. The topological polar surface area (TPSA) is 18.5 Å². The molecule has 98 valence electrons. The normalized spacial score (nSPS) is 16.4. The number of rotatable bonds is 6. The van der Waals surface area contributed by atoms with Crippen LogP contribution < -0.4 is 4.74 Å². The van der Waals surface area contributed by atoms with Gasteiger partial charge in [-0.3, -0.25) is 0 Å². The molecule has 2 heteroatoms. The van der Waals surface area contributed by atoms with Gasteiger partial charge < -0.3 is 9.47 Å². The van der Waals surface area contributed by atoms with Crippen molar-refractivity contribution >= 4 is 6.08 Å². The van der Waals surface area contributed by atoms with E-state index in [-0.39, 0.29) is 0 Å². The smallest absolute Gasteiger partial charge is 0.120 e. The molecule has 0 spiro atoms. The van der Waals surface area contributed by atoms with Crippen LogP contribution in [0.2, 0.25) is 0 Å². The molecule has 1 aromatic rings. The summed E-state index contributed by atoms with van der Waals surface area (Å²) in [5, 5.41) is 0. The third-order valence-electron chi connectivity index (χ3n) is 3.35. The van der Waals surface area contributed by atoms with Gasteiger partial charge in [-0.25, -0.2) is 0 Å². The Morgan fingerprint density at radius 2 is 2.00 bits per heavy atom. The van der Waals surface area contributed by atoms with Crippen LogP contribution in [-0.4, -0.2) is 19.3 Å². The van der Waals surface area contributed by atoms with E-state index in [4.69, 9.17) is 9.47 Å². The lowest BCUT2D eigenvalue weighted by Crippen LogP contribution is -2.19. The highest BCUT2D eigenvalue weighted by Gasteiger charge is 2.13. The van der Waals surface area contributed by atoms with E-state index in [0.29, 0.717) is 19.3 Å². The fourth-order valence-electron chi connectivity index (χ4n) is 2.34. The first-order valence-corrected chi connectivity index (χ1v) is 6.85. The van der Waals surface area contributed by atoms with Crippen molar-refractivity contribution < 1.29 is 9.47 Å². The molecule has 2 nitrogen and oxygen atoms in total. The second kappa shape index (κ2) is 7.22. The van der Waals surface area contributed by atoms with Crippen molar-refractivity contribution in [2.75, 3.05) is 13.2 Å². The Balaban J connectivity index is 1.66. The largest absolute Gasteiger partial charge is 0.491 e. The summed E-state index contributed by atoms with van der Waals surface area (Å²) in [4.78, 5) is 0. The fraction of sp³-hybridized carbons (Fsp3) is 0.500. The summed E-state index contributed by atoms with van der Waals surface area (Å²) in [6.07, 6.45) is 8.70. The van der Waals surface area contributed by atoms with Gasteiger partial charge in [0.15, 0.2) is 0 Å². The fourth-order valence-corrected chi connectivity index (χ4v) is 2.34. The van der Waals surface area contributed by atoms with Gasteiger partial charge in [0, 0.05) is 0 Å². The van der Waals surface area contributed by atoms with Gasteiger partial charge in [0.2, 0.25) is 0 Å². The predicted octanol–water partition coefficient (Wildman–Crippen LogP) is 4.06. The van der Waals surface area contributed by atoms with Crippen LogP contribution >= 0.6 is 0 Å². The van der Waals surface area contributed by atoms with Crippen molar-refractivity contribution in [3.05, 3.63) is 36.4 Å². The lowest BCUT2D eigenvalue weighted by molar-refractivity contribution is 0.0129. The molecule has 0 radical (unpaired) electrons. The van der Waals surface area contributed by atoms with Gasteiger partial charge in [-0.2, -0.15) is 0 Å². The van der Waals surface area contributed by atoms with Crippen LogP contribution in [0.5, 0.6) is 5.75 Å². The van der Waals surface area contributed by atoms with E-state index in [0.717, 1.165) is 11.3 Å². The van der Waals surface area contributed by atoms with Gasteiger partial charge in [0.25, 0.3) is 0 Å². The number of ether oxygens (including phenoxy) is 2. The highest BCUT2D eigenvalue weighted by atomic mass is 16.5.